The van der Waals surface area contributed by atoms with E-state index in [0.717, 1.165) is 0 Å². The summed E-state index contributed by atoms with van der Waals surface area (Å²) in [6.45, 7) is 1.70. The quantitative estimate of drug-likeness (QED) is 0.487. The summed E-state index contributed by atoms with van der Waals surface area (Å²) in [5, 5.41) is 0. The molecule has 5 heteroatoms. The minimum atomic E-state index is -3.23. The molecule has 0 saturated heterocycles. The third-order valence-corrected chi connectivity index (χ3v) is 2.12. The van der Waals surface area contributed by atoms with Gasteiger partial charge in [0.2, 0.25) is 0 Å². The molecule has 0 heterocycles. The van der Waals surface area contributed by atoms with Gasteiger partial charge in [-0.15, -0.1) is 0 Å². The van der Waals surface area contributed by atoms with E-state index in [1.807, 2.05) is 0 Å². The van der Waals surface area contributed by atoms with Crippen LogP contribution in [0.15, 0.2) is 0 Å². The van der Waals surface area contributed by atoms with Gasteiger partial charge in [-0.2, -0.15) is 21.0 Å². The zero-order chi connectivity index (χ0) is 7.33. The van der Waals surface area contributed by atoms with Gasteiger partial charge in [-0.1, -0.05) is 0 Å². The van der Waals surface area contributed by atoms with Crippen LogP contribution in [0, 0.1) is 0 Å². The van der Waals surface area contributed by atoms with E-state index < -0.39 is 10.1 Å². The number of hydrogen-bond donors (Lipinski definition) is 1. The summed E-state index contributed by atoms with van der Waals surface area (Å²) < 4.78 is 25.4. The molecule has 56 valence electrons. The third-order valence-electron chi connectivity index (χ3n) is 0.708. The number of thiol groups is 1. The summed E-state index contributed by atoms with van der Waals surface area (Å²) in [6.07, 6.45) is 0. The smallest absolute Gasteiger partial charge is 0.267 e. The van der Waals surface area contributed by atoms with Crippen LogP contribution in [0.4, 0.5) is 0 Å². The van der Waals surface area contributed by atoms with Gasteiger partial charge in [0, 0.05) is 5.75 Å². The zero-order valence-electron chi connectivity index (χ0n) is 5.20. The van der Waals surface area contributed by atoms with E-state index >= 15 is 0 Å². The zero-order valence-corrected chi connectivity index (χ0v) is 6.91. The summed E-state index contributed by atoms with van der Waals surface area (Å²) in [7, 11) is -3.23. The van der Waals surface area contributed by atoms with Gasteiger partial charge >= 0.3 is 0 Å². The molecule has 0 N–H and O–H groups in total. The Balaban J connectivity index is 3.61. The normalized spacial score (nSPS) is 11.8. The highest BCUT2D eigenvalue weighted by molar-refractivity contribution is 7.86. The summed E-state index contributed by atoms with van der Waals surface area (Å²) >= 11 is 3.78. The van der Waals surface area contributed by atoms with Crippen LogP contribution in [0.2, 0.25) is 0 Å². The Bertz CT molecular complexity index is 149. The highest BCUT2D eigenvalue weighted by atomic mass is 32.2. The molecule has 0 aliphatic heterocycles. The van der Waals surface area contributed by atoms with Gasteiger partial charge in [-0.05, 0) is 6.92 Å². The Hall–Kier alpha value is 0.260. The molecule has 0 bridgehead atoms. The van der Waals surface area contributed by atoms with Gasteiger partial charge in [0.15, 0.2) is 0 Å². The first-order valence-corrected chi connectivity index (χ1v) is 4.81. The molecular formula is C4H10O3S2. The van der Waals surface area contributed by atoms with Crippen LogP contribution in [0.25, 0.3) is 0 Å². The van der Waals surface area contributed by atoms with E-state index in [4.69, 9.17) is 0 Å². The van der Waals surface area contributed by atoms with Gasteiger partial charge in [-0.25, -0.2) is 0 Å². The summed E-state index contributed by atoms with van der Waals surface area (Å²) in [5.41, 5.74) is 0. The van der Waals surface area contributed by atoms with Gasteiger partial charge in [-0.3, -0.25) is 4.18 Å². The molecule has 0 aliphatic carbocycles. The van der Waals surface area contributed by atoms with Crippen LogP contribution in [0.5, 0.6) is 0 Å². The van der Waals surface area contributed by atoms with Crippen molar-refractivity contribution in [3.8, 4) is 0 Å². The Morgan fingerprint density at radius 3 is 2.44 bits per heavy atom. The molecule has 0 aliphatic rings. The second kappa shape index (κ2) is 4.14. The minimum absolute atomic E-state index is 0.0285. The van der Waals surface area contributed by atoms with Crippen molar-refractivity contribution >= 4 is 22.7 Å². The summed E-state index contributed by atoms with van der Waals surface area (Å²) in [6, 6.07) is 0. The first kappa shape index (κ1) is 9.26. The van der Waals surface area contributed by atoms with E-state index in [1.165, 1.54) is 6.92 Å². The Morgan fingerprint density at radius 2 is 2.11 bits per heavy atom. The molecule has 9 heavy (non-hydrogen) atoms. The average Bonchev–Trinajstić information content (AvgIpc) is 1.84. The molecule has 0 aromatic heterocycles. The lowest BCUT2D eigenvalue weighted by Gasteiger charge is -1.98. The maximum Gasteiger partial charge on any atom is 0.267 e. The van der Waals surface area contributed by atoms with Crippen molar-refractivity contribution in [1.82, 2.24) is 0 Å². The molecule has 3 nitrogen and oxygen atoms in total. The van der Waals surface area contributed by atoms with Crippen molar-refractivity contribution in [3.63, 3.8) is 0 Å². The van der Waals surface area contributed by atoms with E-state index in [0.29, 0.717) is 5.75 Å². The Labute approximate surface area is 60.9 Å². The van der Waals surface area contributed by atoms with E-state index in [9.17, 15) is 8.42 Å². The van der Waals surface area contributed by atoms with Crippen molar-refractivity contribution < 1.29 is 12.6 Å². The fraction of sp³-hybridized carbons (Fsp3) is 1.00. The first-order valence-electron chi connectivity index (χ1n) is 2.60. The van der Waals surface area contributed by atoms with Gasteiger partial charge in [0.25, 0.3) is 10.1 Å². The van der Waals surface area contributed by atoms with Crippen molar-refractivity contribution in [2.75, 3.05) is 18.1 Å². The van der Waals surface area contributed by atoms with Crippen LogP contribution in [0.3, 0.4) is 0 Å². The second-order valence-corrected chi connectivity index (χ2v) is 3.77. The molecule has 0 spiro atoms. The molecular weight excluding hydrogens is 160 g/mol. The van der Waals surface area contributed by atoms with Crippen molar-refractivity contribution in [2.24, 2.45) is 0 Å². The standard InChI is InChI=1S/C4H10O3S2/c1-2-9(5,6)7-3-4-8/h8H,2-4H2,1H3. The monoisotopic (exact) mass is 170 g/mol. The summed E-state index contributed by atoms with van der Waals surface area (Å²) in [4.78, 5) is 0. The van der Waals surface area contributed by atoms with Crippen LogP contribution in [-0.4, -0.2) is 26.5 Å². The van der Waals surface area contributed by atoms with Crippen molar-refractivity contribution in [2.45, 2.75) is 6.92 Å². The Kier molecular flexibility index (Phi) is 4.26. The van der Waals surface area contributed by atoms with E-state index in [2.05, 4.69) is 16.8 Å². The van der Waals surface area contributed by atoms with Crippen LogP contribution >= 0.6 is 12.6 Å². The van der Waals surface area contributed by atoms with E-state index in [1.54, 1.807) is 0 Å². The fourth-order valence-corrected chi connectivity index (χ4v) is 0.966. The molecule has 0 saturated carbocycles. The minimum Gasteiger partial charge on any atom is -0.269 e. The maximum absolute atomic E-state index is 10.5. The van der Waals surface area contributed by atoms with Gasteiger partial charge in [0.05, 0.1) is 12.4 Å². The molecule has 0 atom stereocenters. The highest BCUT2D eigenvalue weighted by Gasteiger charge is 2.04. The SMILES string of the molecule is CCS(=O)(=O)OCCS. The first-order chi connectivity index (χ1) is 4.12. The lowest BCUT2D eigenvalue weighted by atomic mass is 10.9. The van der Waals surface area contributed by atoms with E-state index in [-0.39, 0.29) is 12.4 Å². The summed E-state index contributed by atoms with van der Waals surface area (Å²) in [5.74, 6) is 0.458. The predicted molar refractivity (Wildman–Crippen MR) is 39.3 cm³/mol. The highest BCUT2D eigenvalue weighted by Crippen LogP contribution is 1.91. The molecule has 0 fully saturated rings. The Morgan fingerprint density at radius 1 is 1.56 bits per heavy atom. The molecule has 0 aromatic rings. The average molecular weight is 170 g/mol. The van der Waals surface area contributed by atoms with Crippen LogP contribution in [-0.2, 0) is 14.3 Å². The van der Waals surface area contributed by atoms with Crippen molar-refractivity contribution in [1.29, 1.82) is 0 Å². The lowest BCUT2D eigenvalue weighted by Crippen LogP contribution is -2.09. The topological polar surface area (TPSA) is 43.4 Å². The van der Waals surface area contributed by atoms with Crippen LogP contribution < -0.4 is 0 Å². The van der Waals surface area contributed by atoms with Gasteiger partial charge in [0.1, 0.15) is 0 Å². The van der Waals surface area contributed by atoms with Gasteiger partial charge < -0.3 is 0 Å². The maximum atomic E-state index is 10.5. The largest absolute Gasteiger partial charge is 0.269 e. The lowest BCUT2D eigenvalue weighted by molar-refractivity contribution is 0.342. The molecule has 0 aromatic carbocycles. The third kappa shape index (κ3) is 4.74. The number of hydrogen-bond acceptors (Lipinski definition) is 4. The molecule has 0 rings (SSSR count). The predicted octanol–water partition coefficient (Wildman–Crippen LogP) is 0.283. The van der Waals surface area contributed by atoms with Crippen LogP contribution in [0.1, 0.15) is 6.92 Å². The fourth-order valence-electron chi connectivity index (χ4n) is 0.248. The molecule has 0 radical (unpaired) electrons. The van der Waals surface area contributed by atoms with Crippen molar-refractivity contribution in [3.05, 3.63) is 0 Å². The molecule has 0 amide bonds. The molecule has 0 unspecified atom stereocenters. The number of rotatable bonds is 4. The second-order valence-electron chi connectivity index (χ2n) is 1.39.